The van der Waals surface area contributed by atoms with Crippen molar-refractivity contribution < 1.29 is 8.42 Å². The van der Waals surface area contributed by atoms with Crippen molar-refractivity contribution in [1.29, 1.82) is 0 Å². The molecule has 0 saturated carbocycles. The van der Waals surface area contributed by atoms with Crippen LogP contribution in [0, 0.1) is 0 Å². The maximum Gasteiger partial charge on any atom is 0.236 e. The zero-order valence-corrected chi connectivity index (χ0v) is 8.46. The average molecular weight is 229 g/mol. The molecule has 1 aliphatic rings. The number of aromatic nitrogens is 1. The Balaban J connectivity index is 2.53. The van der Waals surface area contributed by atoms with E-state index in [-0.39, 0.29) is 9.41 Å². The van der Waals surface area contributed by atoms with Gasteiger partial charge in [0.1, 0.15) is 0 Å². The van der Waals surface area contributed by atoms with Gasteiger partial charge in [0.25, 0.3) is 0 Å². The summed E-state index contributed by atoms with van der Waals surface area (Å²) in [7, 11) is -3.58. The van der Waals surface area contributed by atoms with Crippen LogP contribution in [-0.2, 0) is 9.84 Å². The summed E-state index contributed by atoms with van der Waals surface area (Å²) in [5, 5.41) is -0.0457. The number of sulfone groups is 1. The molecule has 2 rings (SSSR count). The Bertz CT molecular complexity index is 520. The summed E-state index contributed by atoms with van der Waals surface area (Å²) in [5.74, 6) is 0. The van der Waals surface area contributed by atoms with E-state index in [1.165, 1.54) is 6.20 Å². The lowest BCUT2D eigenvalue weighted by Crippen LogP contribution is -2.12. The molecule has 0 fully saturated rings. The van der Waals surface area contributed by atoms with Gasteiger partial charge in [-0.2, -0.15) is 0 Å². The molecule has 0 amide bonds. The van der Waals surface area contributed by atoms with Crippen LogP contribution in [-0.4, -0.2) is 18.4 Å². The number of hydrogen-bond donors (Lipinski definition) is 0. The molecule has 0 atom stereocenters. The Morgan fingerprint density at radius 2 is 2.14 bits per heavy atom. The van der Waals surface area contributed by atoms with Crippen molar-refractivity contribution in [3.05, 3.63) is 40.7 Å². The van der Waals surface area contributed by atoms with Crippen LogP contribution in [0.3, 0.4) is 0 Å². The Hall–Kier alpha value is -1.20. The van der Waals surface area contributed by atoms with Crippen LogP contribution in [0.25, 0.3) is 0 Å². The lowest BCUT2D eigenvalue weighted by atomic mass is 10.3. The molecule has 0 N–H and O–H groups in total. The van der Waals surface area contributed by atoms with E-state index in [9.17, 15) is 8.42 Å². The van der Waals surface area contributed by atoms with E-state index >= 15 is 0 Å². The molecule has 0 aliphatic carbocycles. The highest BCUT2D eigenvalue weighted by Gasteiger charge is 2.29. The van der Waals surface area contributed by atoms with Crippen molar-refractivity contribution in [2.75, 3.05) is 0 Å². The van der Waals surface area contributed by atoms with E-state index in [4.69, 9.17) is 11.6 Å². The van der Waals surface area contributed by atoms with Gasteiger partial charge in [0, 0.05) is 18.0 Å². The van der Waals surface area contributed by atoms with E-state index in [2.05, 4.69) is 9.98 Å². The smallest absolute Gasteiger partial charge is 0.236 e. The third-order valence-electron chi connectivity index (χ3n) is 1.70. The molecule has 72 valence electrons. The van der Waals surface area contributed by atoms with Gasteiger partial charge in [-0.15, -0.1) is 0 Å². The van der Waals surface area contributed by atoms with Crippen LogP contribution in [0.15, 0.2) is 40.1 Å². The van der Waals surface area contributed by atoms with Gasteiger partial charge in [-0.25, -0.2) is 13.4 Å². The maximum atomic E-state index is 11.5. The molecule has 0 aromatic carbocycles. The second-order valence-electron chi connectivity index (χ2n) is 2.61. The van der Waals surface area contributed by atoms with Gasteiger partial charge in [0.05, 0.1) is 6.20 Å². The minimum atomic E-state index is -3.58. The van der Waals surface area contributed by atoms with Crippen molar-refractivity contribution in [2.24, 2.45) is 4.99 Å². The summed E-state index contributed by atoms with van der Waals surface area (Å²) in [6, 6.07) is 3.26. The molecule has 1 aromatic heterocycles. The van der Waals surface area contributed by atoms with Gasteiger partial charge >= 0.3 is 0 Å². The maximum absolute atomic E-state index is 11.5. The molecule has 2 heterocycles. The van der Waals surface area contributed by atoms with Gasteiger partial charge in [0.2, 0.25) is 9.84 Å². The highest BCUT2D eigenvalue weighted by molar-refractivity contribution is 8.11. The SMILES string of the molecule is O=S1(=O)C(Cl)=CN=C1c1cccnc1. The van der Waals surface area contributed by atoms with Crippen LogP contribution in [0.5, 0.6) is 0 Å². The summed E-state index contributed by atoms with van der Waals surface area (Å²) in [5.41, 5.74) is 0.444. The lowest BCUT2D eigenvalue weighted by molar-refractivity contribution is 0.615. The van der Waals surface area contributed by atoms with Crippen molar-refractivity contribution in [3.63, 3.8) is 0 Å². The van der Waals surface area contributed by atoms with E-state index in [0.29, 0.717) is 5.56 Å². The van der Waals surface area contributed by atoms with Crippen LogP contribution in [0.4, 0.5) is 0 Å². The molecule has 0 radical (unpaired) electrons. The van der Waals surface area contributed by atoms with Gasteiger partial charge < -0.3 is 0 Å². The van der Waals surface area contributed by atoms with E-state index in [1.807, 2.05) is 0 Å². The molecule has 0 saturated heterocycles. The molecule has 14 heavy (non-hydrogen) atoms. The van der Waals surface area contributed by atoms with Gasteiger partial charge in [-0.05, 0) is 12.1 Å². The summed E-state index contributed by atoms with van der Waals surface area (Å²) >= 11 is 5.49. The van der Waals surface area contributed by atoms with Crippen LogP contribution < -0.4 is 0 Å². The first-order valence-corrected chi connectivity index (χ1v) is 5.57. The van der Waals surface area contributed by atoms with Gasteiger partial charge in [-0.1, -0.05) is 11.6 Å². The molecule has 1 aromatic rings. The first-order valence-electron chi connectivity index (χ1n) is 3.71. The summed E-state index contributed by atoms with van der Waals surface area (Å²) in [6.45, 7) is 0. The minimum Gasteiger partial charge on any atom is -0.264 e. The van der Waals surface area contributed by atoms with E-state index in [0.717, 1.165) is 6.20 Å². The van der Waals surface area contributed by atoms with E-state index in [1.54, 1.807) is 18.3 Å². The number of pyridine rings is 1. The van der Waals surface area contributed by atoms with Crippen molar-refractivity contribution in [3.8, 4) is 0 Å². The molecular weight excluding hydrogens is 224 g/mol. The number of halogens is 1. The number of nitrogens with zero attached hydrogens (tertiary/aromatic N) is 2. The Morgan fingerprint density at radius 1 is 1.36 bits per heavy atom. The summed E-state index contributed by atoms with van der Waals surface area (Å²) < 4.78 is 22.8. The Morgan fingerprint density at radius 3 is 2.64 bits per heavy atom. The van der Waals surface area contributed by atoms with Crippen LogP contribution in [0.1, 0.15) is 5.56 Å². The second-order valence-corrected chi connectivity index (χ2v) is 5.08. The molecule has 0 spiro atoms. The zero-order valence-electron chi connectivity index (χ0n) is 6.88. The Kier molecular flexibility index (Phi) is 2.13. The topological polar surface area (TPSA) is 59.4 Å². The van der Waals surface area contributed by atoms with Crippen molar-refractivity contribution >= 4 is 26.5 Å². The third-order valence-corrected chi connectivity index (χ3v) is 3.88. The number of aliphatic imine (C=N–C) groups is 1. The summed E-state index contributed by atoms with van der Waals surface area (Å²) in [4.78, 5) is 7.54. The number of rotatable bonds is 1. The first kappa shape index (κ1) is 9.36. The standard InChI is InChI=1S/C8H5ClN2O2S/c9-7-5-11-8(14(7,12)13)6-2-1-3-10-4-6/h1-5H. The minimum absolute atomic E-state index is 0.0457. The molecule has 4 nitrogen and oxygen atoms in total. The zero-order chi connectivity index (χ0) is 10.2. The molecule has 0 bridgehead atoms. The normalized spacial score (nSPS) is 18.9. The highest BCUT2D eigenvalue weighted by Crippen LogP contribution is 2.23. The molecular formula is C8H5ClN2O2S. The quantitative estimate of drug-likeness (QED) is 0.728. The van der Waals surface area contributed by atoms with Crippen molar-refractivity contribution in [1.82, 2.24) is 4.98 Å². The van der Waals surface area contributed by atoms with Gasteiger partial charge in [0.15, 0.2) is 9.41 Å². The molecule has 0 unspecified atom stereocenters. The first-order chi connectivity index (χ1) is 6.62. The summed E-state index contributed by atoms with van der Waals surface area (Å²) in [6.07, 6.45) is 4.11. The van der Waals surface area contributed by atoms with E-state index < -0.39 is 9.84 Å². The predicted octanol–water partition coefficient (Wildman–Crippen LogP) is 1.29. The lowest BCUT2D eigenvalue weighted by Gasteiger charge is -1.99. The second kappa shape index (κ2) is 3.18. The molecule has 6 heteroatoms. The van der Waals surface area contributed by atoms with Crippen molar-refractivity contribution in [2.45, 2.75) is 0 Å². The number of hydrogen-bond acceptors (Lipinski definition) is 4. The third kappa shape index (κ3) is 1.34. The fourth-order valence-corrected chi connectivity index (χ4v) is 2.33. The van der Waals surface area contributed by atoms with Crippen LogP contribution in [0.2, 0.25) is 0 Å². The fraction of sp³-hybridized carbons (Fsp3) is 0. The Labute approximate surface area is 85.9 Å². The average Bonchev–Trinajstić information content (AvgIpc) is 2.44. The van der Waals surface area contributed by atoms with Gasteiger partial charge in [-0.3, -0.25) is 4.98 Å². The fourth-order valence-electron chi connectivity index (χ4n) is 1.06. The monoisotopic (exact) mass is 228 g/mol. The highest BCUT2D eigenvalue weighted by atomic mass is 35.5. The predicted molar refractivity (Wildman–Crippen MR) is 53.6 cm³/mol. The van der Waals surface area contributed by atoms with Crippen LogP contribution >= 0.6 is 11.6 Å². The molecule has 1 aliphatic heterocycles. The largest absolute Gasteiger partial charge is 0.264 e.